The Kier molecular flexibility index (Phi) is 6.59. The Morgan fingerprint density at radius 2 is 1.74 bits per heavy atom. The van der Waals surface area contributed by atoms with Crippen molar-refractivity contribution in [3.05, 3.63) is 95.2 Å². The molecule has 2 saturated heterocycles. The molecule has 2 aromatic heterocycles. The van der Waals surface area contributed by atoms with Crippen LogP contribution in [0.3, 0.4) is 0 Å². The van der Waals surface area contributed by atoms with Gasteiger partial charge in [0.05, 0.1) is 17.5 Å². The second-order valence-corrected chi connectivity index (χ2v) is 10.6. The monoisotopic (exact) mass is 511 g/mol. The molecular formula is C30H33N5O3. The Morgan fingerprint density at radius 3 is 2.47 bits per heavy atom. The quantitative estimate of drug-likeness (QED) is 0.430. The first-order valence-electron chi connectivity index (χ1n) is 13.4. The van der Waals surface area contributed by atoms with Crippen molar-refractivity contribution in [2.75, 3.05) is 26.2 Å². The number of rotatable bonds is 5. The Labute approximate surface area is 221 Å². The minimum absolute atomic E-state index is 0.0623. The van der Waals surface area contributed by atoms with E-state index in [9.17, 15) is 14.7 Å². The summed E-state index contributed by atoms with van der Waals surface area (Å²) >= 11 is 0. The van der Waals surface area contributed by atoms with E-state index < -0.39 is 5.60 Å². The smallest absolute Gasteiger partial charge is 0.262 e. The lowest BCUT2D eigenvalue weighted by Crippen LogP contribution is -2.52. The van der Waals surface area contributed by atoms with Gasteiger partial charge < -0.3 is 19.9 Å². The molecule has 2 aromatic carbocycles. The number of hydrogen-bond donors (Lipinski definition) is 2. The highest BCUT2D eigenvalue weighted by Gasteiger charge is 2.39. The summed E-state index contributed by atoms with van der Waals surface area (Å²) in [6.07, 6.45) is 5.04. The van der Waals surface area contributed by atoms with Gasteiger partial charge in [-0.1, -0.05) is 48.5 Å². The Morgan fingerprint density at radius 1 is 1.03 bits per heavy atom. The van der Waals surface area contributed by atoms with Crippen molar-refractivity contribution >= 4 is 16.9 Å². The van der Waals surface area contributed by atoms with Crippen molar-refractivity contribution in [1.82, 2.24) is 24.3 Å². The van der Waals surface area contributed by atoms with Gasteiger partial charge in [0.15, 0.2) is 5.65 Å². The fourth-order valence-electron chi connectivity index (χ4n) is 6.02. The standard InChI is InChI=1S/C30H33N5O3/c36-28(24-11-15-31-19-26(24)22-7-3-1-4-8-22)33-17-13-30(38,14-18-33)20-34-21-32-27-25(29(34)37)12-16-35(27)23-9-5-2-6-10-23/h1-10,12,16,21,24,26,31,38H,11,13-15,17-20H2/t24-,26+/m0/s1. The zero-order chi connectivity index (χ0) is 26.1. The number of benzene rings is 2. The molecule has 2 aliphatic rings. The van der Waals surface area contributed by atoms with Crippen molar-refractivity contribution in [2.24, 2.45) is 5.92 Å². The summed E-state index contributed by atoms with van der Waals surface area (Å²) in [4.78, 5) is 33.3. The molecule has 6 rings (SSSR count). The number of piperidine rings is 2. The van der Waals surface area contributed by atoms with Crippen molar-refractivity contribution in [1.29, 1.82) is 0 Å². The van der Waals surface area contributed by atoms with Crippen LogP contribution >= 0.6 is 0 Å². The zero-order valence-corrected chi connectivity index (χ0v) is 21.4. The Balaban J connectivity index is 1.15. The maximum Gasteiger partial charge on any atom is 0.262 e. The van der Waals surface area contributed by atoms with Gasteiger partial charge in [-0.15, -0.1) is 0 Å². The number of para-hydroxylation sites is 1. The van der Waals surface area contributed by atoms with Crippen LogP contribution in [0.2, 0.25) is 0 Å². The van der Waals surface area contributed by atoms with Crippen LogP contribution in [0.15, 0.2) is 84.0 Å². The number of nitrogens with zero attached hydrogens (tertiary/aromatic N) is 4. The van der Waals surface area contributed by atoms with E-state index in [-0.39, 0.29) is 29.8 Å². The lowest BCUT2D eigenvalue weighted by Gasteiger charge is -2.41. The number of carbonyl (C=O) groups excluding carboxylic acids is 1. The molecule has 2 fully saturated rings. The van der Waals surface area contributed by atoms with Crippen LogP contribution in [0.1, 0.15) is 30.7 Å². The molecule has 2 atom stereocenters. The summed E-state index contributed by atoms with van der Waals surface area (Å²) in [5.74, 6) is 0.260. The highest BCUT2D eigenvalue weighted by molar-refractivity contribution is 5.80. The summed E-state index contributed by atoms with van der Waals surface area (Å²) in [6, 6.07) is 21.8. The average Bonchev–Trinajstić information content (AvgIpc) is 3.40. The van der Waals surface area contributed by atoms with Crippen molar-refractivity contribution < 1.29 is 9.90 Å². The molecule has 38 heavy (non-hydrogen) atoms. The van der Waals surface area contributed by atoms with Crippen molar-refractivity contribution in [2.45, 2.75) is 37.3 Å². The number of aliphatic hydroxyl groups is 1. The minimum Gasteiger partial charge on any atom is -0.388 e. The van der Waals surface area contributed by atoms with Gasteiger partial charge >= 0.3 is 0 Å². The van der Waals surface area contributed by atoms with Crippen LogP contribution < -0.4 is 10.9 Å². The van der Waals surface area contributed by atoms with Crippen molar-refractivity contribution in [3.63, 3.8) is 0 Å². The van der Waals surface area contributed by atoms with E-state index in [0.717, 1.165) is 25.2 Å². The first-order chi connectivity index (χ1) is 18.5. The topological polar surface area (TPSA) is 92.4 Å². The van der Waals surface area contributed by atoms with Crippen LogP contribution in [0.25, 0.3) is 16.7 Å². The van der Waals surface area contributed by atoms with E-state index >= 15 is 0 Å². The largest absolute Gasteiger partial charge is 0.388 e. The minimum atomic E-state index is -1.06. The molecule has 1 amide bonds. The van der Waals surface area contributed by atoms with E-state index in [4.69, 9.17) is 0 Å². The van der Waals surface area contributed by atoms with Gasteiger partial charge in [-0.25, -0.2) is 4.98 Å². The fourth-order valence-corrected chi connectivity index (χ4v) is 6.02. The molecule has 0 bridgehead atoms. The van der Waals surface area contributed by atoms with Crippen LogP contribution in [-0.4, -0.2) is 61.8 Å². The Hall–Kier alpha value is -3.75. The number of fused-ring (bicyclic) bond motifs is 1. The van der Waals surface area contributed by atoms with Gasteiger partial charge in [0.1, 0.15) is 6.33 Å². The maximum absolute atomic E-state index is 13.6. The predicted octanol–water partition coefficient (Wildman–Crippen LogP) is 2.93. The normalized spacial score (nSPS) is 21.4. The van der Waals surface area contributed by atoms with Gasteiger partial charge in [-0.3, -0.25) is 14.2 Å². The molecule has 8 nitrogen and oxygen atoms in total. The molecule has 2 aliphatic heterocycles. The van der Waals surface area contributed by atoms with Crippen LogP contribution in [0.5, 0.6) is 0 Å². The number of carbonyl (C=O) groups is 1. The third kappa shape index (κ3) is 4.66. The number of likely N-dealkylation sites (tertiary alicyclic amines) is 1. The molecule has 4 aromatic rings. The highest BCUT2D eigenvalue weighted by Crippen LogP contribution is 2.33. The molecule has 2 N–H and O–H groups in total. The van der Waals surface area contributed by atoms with E-state index in [1.165, 1.54) is 16.5 Å². The van der Waals surface area contributed by atoms with Crippen molar-refractivity contribution in [3.8, 4) is 5.69 Å². The van der Waals surface area contributed by atoms with Gasteiger partial charge in [0.25, 0.3) is 5.56 Å². The third-order valence-corrected chi connectivity index (χ3v) is 8.20. The fraction of sp³-hybridized carbons (Fsp3) is 0.367. The molecule has 8 heteroatoms. The van der Waals surface area contributed by atoms with E-state index in [1.54, 1.807) is 6.07 Å². The SMILES string of the molecule is O=C([C@H]1CCNC[C@@H]1c1ccccc1)N1CCC(O)(Cn2cnc3c(ccn3-c3ccccc3)c2=O)CC1. The molecule has 4 heterocycles. The van der Waals surface area contributed by atoms with Crippen LogP contribution in [-0.2, 0) is 11.3 Å². The highest BCUT2D eigenvalue weighted by atomic mass is 16.3. The maximum atomic E-state index is 13.6. The number of nitrogens with one attached hydrogen (secondary N) is 1. The second kappa shape index (κ2) is 10.2. The molecule has 0 unspecified atom stereocenters. The number of hydrogen-bond acceptors (Lipinski definition) is 5. The van der Waals surface area contributed by atoms with Crippen LogP contribution in [0.4, 0.5) is 0 Å². The summed E-state index contributed by atoms with van der Waals surface area (Å²) < 4.78 is 3.40. The molecule has 0 radical (unpaired) electrons. The van der Waals surface area contributed by atoms with Gasteiger partial charge in [-0.05, 0) is 49.6 Å². The lowest BCUT2D eigenvalue weighted by atomic mass is 9.80. The molecule has 0 spiro atoms. The average molecular weight is 512 g/mol. The molecule has 196 valence electrons. The Bertz CT molecular complexity index is 1470. The summed E-state index contributed by atoms with van der Waals surface area (Å²) in [5, 5.41) is 15.4. The van der Waals surface area contributed by atoms with Crippen LogP contribution in [0, 0.1) is 5.92 Å². The summed E-state index contributed by atoms with van der Waals surface area (Å²) in [5.41, 5.74) is 1.49. The summed E-state index contributed by atoms with van der Waals surface area (Å²) in [6.45, 7) is 2.75. The second-order valence-electron chi connectivity index (χ2n) is 10.6. The number of amides is 1. The molecular weight excluding hydrogens is 478 g/mol. The zero-order valence-electron chi connectivity index (χ0n) is 21.4. The summed E-state index contributed by atoms with van der Waals surface area (Å²) in [7, 11) is 0. The van der Waals surface area contributed by atoms with E-state index in [2.05, 4.69) is 22.4 Å². The number of aromatic nitrogens is 3. The third-order valence-electron chi connectivity index (χ3n) is 8.20. The van der Waals surface area contributed by atoms with Gasteiger partial charge in [0.2, 0.25) is 5.91 Å². The van der Waals surface area contributed by atoms with Gasteiger partial charge in [0, 0.05) is 43.4 Å². The van der Waals surface area contributed by atoms with Gasteiger partial charge in [-0.2, -0.15) is 0 Å². The molecule has 0 saturated carbocycles. The van der Waals surface area contributed by atoms with E-state index in [1.807, 2.05) is 64.2 Å². The first-order valence-corrected chi connectivity index (χ1v) is 13.4. The first kappa shape index (κ1) is 24.6. The predicted molar refractivity (Wildman–Crippen MR) is 146 cm³/mol. The lowest BCUT2D eigenvalue weighted by molar-refractivity contribution is -0.141. The van der Waals surface area contributed by atoms with E-state index in [0.29, 0.717) is 37.0 Å². The molecule has 0 aliphatic carbocycles.